The van der Waals surface area contributed by atoms with Crippen LogP contribution in [0.25, 0.3) is 0 Å². The van der Waals surface area contributed by atoms with Crippen LogP contribution in [0.2, 0.25) is 0 Å². The Morgan fingerprint density at radius 1 is 1.50 bits per heavy atom. The number of hydrogen-bond acceptors (Lipinski definition) is 4. The molecule has 0 aromatic heterocycles. The summed E-state index contributed by atoms with van der Waals surface area (Å²) in [7, 11) is 1.58. The molecule has 16 heavy (non-hydrogen) atoms. The summed E-state index contributed by atoms with van der Waals surface area (Å²) in [5.74, 6) is -0.125. The summed E-state index contributed by atoms with van der Waals surface area (Å²) in [5, 5.41) is 8.91. The molecule has 0 rings (SSSR count). The van der Waals surface area contributed by atoms with Crippen LogP contribution in [0, 0.1) is 0 Å². The van der Waals surface area contributed by atoms with E-state index in [-0.39, 0.29) is 12.5 Å². The summed E-state index contributed by atoms with van der Waals surface area (Å²) in [6, 6.07) is 0. The normalized spacial score (nSPS) is 14.6. The van der Waals surface area contributed by atoms with Gasteiger partial charge in [-0.05, 0) is 13.3 Å². The molecule has 5 nitrogen and oxygen atoms in total. The Morgan fingerprint density at radius 2 is 2.12 bits per heavy atom. The first kappa shape index (κ1) is 15.3. The third kappa shape index (κ3) is 4.92. The highest BCUT2D eigenvalue weighted by Crippen LogP contribution is 2.12. The predicted molar refractivity (Wildman–Crippen MR) is 63.0 cm³/mol. The first-order valence-electron chi connectivity index (χ1n) is 5.67. The molecular weight excluding hydrogens is 208 g/mol. The van der Waals surface area contributed by atoms with Crippen molar-refractivity contribution in [1.82, 2.24) is 4.90 Å². The molecule has 0 spiro atoms. The molecule has 0 bridgehead atoms. The number of carbonyl (C=O) groups excluding carboxylic acids is 1. The average Bonchev–Trinajstić information content (AvgIpc) is 2.23. The third-order valence-electron chi connectivity index (χ3n) is 2.48. The number of nitrogens with zero attached hydrogens (tertiary/aromatic N) is 1. The van der Waals surface area contributed by atoms with E-state index in [2.05, 4.69) is 0 Å². The summed E-state index contributed by atoms with van der Waals surface area (Å²) < 4.78 is 4.93. The van der Waals surface area contributed by atoms with E-state index in [0.29, 0.717) is 26.1 Å². The van der Waals surface area contributed by atoms with Crippen LogP contribution < -0.4 is 5.73 Å². The summed E-state index contributed by atoms with van der Waals surface area (Å²) in [6.07, 6.45) is 1.50. The molecule has 3 N–H and O–H groups in total. The molecule has 0 aromatic carbocycles. The Hall–Kier alpha value is -0.650. The van der Waals surface area contributed by atoms with Crippen molar-refractivity contribution >= 4 is 5.91 Å². The molecule has 1 unspecified atom stereocenters. The molecule has 0 radical (unpaired) electrons. The Morgan fingerprint density at radius 3 is 2.56 bits per heavy atom. The molecule has 1 atom stereocenters. The van der Waals surface area contributed by atoms with Crippen LogP contribution in [0.3, 0.4) is 0 Å². The summed E-state index contributed by atoms with van der Waals surface area (Å²) in [6.45, 7) is 4.89. The third-order valence-corrected chi connectivity index (χ3v) is 2.48. The number of methoxy groups -OCH3 is 1. The summed E-state index contributed by atoms with van der Waals surface area (Å²) in [5.41, 5.74) is 5.11. The van der Waals surface area contributed by atoms with Crippen molar-refractivity contribution in [2.45, 2.75) is 32.2 Å². The Bertz CT molecular complexity index is 207. The van der Waals surface area contributed by atoms with E-state index in [1.165, 1.54) is 0 Å². The van der Waals surface area contributed by atoms with Crippen molar-refractivity contribution in [3.63, 3.8) is 0 Å². The first-order valence-corrected chi connectivity index (χ1v) is 5.67. The summed E-state index contributed by atoms with van der Waals surface area (Å²) in [4.78, 5) is 13.6. The highest BCUT2D eigenvalue weighted by Gasteiger charge is 2.31. The monoisotopic (exact) mass is 232 g/mol. The minimum absolute atomic E-state index is 0.0579. The minimum atomic E-state index is -0.850. The fourth-order valence-corrected chi connectivity index (χ4v) is 1.62. The molecule has 0 aliphatic heterocycles. The molecule has 96 valence electrons. The number of hydrogen-bond donors (Lipinski definition) is 2. The molecule has 0 heterocycles. The van der Waals surface area contributed by atoms with Gasteiger partial charge in [0.25, 0.3) is 0 Å². The van der Waals surface area contributed by atoms with Crippen LogP contribution in [0.4, 0.5) is 0 Å². The lowest BCUT2D eigenvalue weighted by Crippen LogP contribution is -2.54. The van der Waals surface area contributed by atoms with Crippen LogP contribution in [0.5, 0.6) is 0 Å². The van der Waals surface area contributed by atoms with Gasteiger partial charge < -0.3 is 20.5 Å². The van der Waals surface area contributed by atoms with E-state index in [4.69, 9.17) is 15.6 Å². The van der Waals surface area contributed by atoms with Crippen molar-refractivity contribution in [3.05, 3.63) is 0 Å². The van der Waals surface area contributed by atoms with Crippen molar-refractivity contribution in [3.8, 4) is 0 Å². The summed E-state index contributed by atoms with van der Waals surface area (Å²) >= 11 is 0. The van der Waals surface area contributed by atoms with Crippen LogP contribution in [-0.4, -0.2) is 54.9 Å². The van der Waals surface area contributed by atoms with Crippen LogP contribution in [0.15, 0.2) is 0 Å². The van der Waals surface area contributed by atoms with Gasteiger partial charge in [0, 0.05) is 20.2 Å². The van der Waals surface area contributed by atoms with Crippen LogP contribution in [-0.2, 0) is 9.53 Å². The highest BCUT2D eigenvalue weighted by atomic mass is 16.5. The Labute approximate surface area is 97.6 Å². The molecule has 0 saturated carbocycles. The van der Waals surface area contributed by atoms with Gasteiger partial charge in [-0.25, -0.2) is 0 Å². The van der Waals surface area contributed by atoms with E-state index in [1.54, 1.807) is 18.9 Å². The predicted octanol–water partition coefficient (Wildman–Crippen LogP) is -0.0288. The maximum atomic E-state index is 12.1. The zero-order valence-electron chi connectivity index (χ0n) is 10.5. The fourth-order valence-electron chi connectivity index (χ4n) is 1.62. The van der Waals surface area contributed by atoms with Crippen molar-refractivity contribution in [2.24, 2.45) is 5.73 Å². The fraction of sp³-hybridized carbons (Fsp3) is 0.909. The lowest BCUT2D eigenvalue weighted by Gasteiger charge is -2.31. The van der Waals surface area contributed by atoms with Crippen LogP contribution in [0.1, 0.15) is 26.7 Å². The van der Waals surface area contributed by atoms with E-state index in [9.17, 15) is 4.79 Å². The lowest BCUT2D eigenvalue weighted by molar-refractivity contribution is -0.137. The van der Waals surface area contributed by atoms with Crippen molar-refractivity contribution < 1.29 is 14.6 Å². The first-order chi connectivity index (χ1) is 7.49. The standard InChI is InChI=1S/C11H24N2O3/c1-4-5-11(2,12)10(15)13(6-8-14)7-9-16-3/h14H,4-9,12H2,1-3H3. The number of aliphatic hydroxyl groups is 1. The number of aliphatic hydroxyl groups excluding tert-OH is 1. The second-order valence-corrected chi connectivity index (χ2v) is 4.18. The maximum Gasteiger partial charge on any atom is 0.242 e. The Balaban J connectivity index is 4.45. The van der Waals surface area contributed by atoms with Gasteiger partial charge in [-0.2, -0.15) is 0 Å². The van der Waals surface area contributed by atoms with Gasteiger partial charge in [-0.15, -0.1) is 0 Å². The smallest absolute Gasteiger partial charge is 0.242 e. The SMILES string of the molecule is CCCC(C)(N)C(=O)N(CCO)CCOC. The highest BCUT2D eigenvalue weighted by molar-refractivity contribution is 5.85. The van der Waals surface area contributed by atoms with Crippen LogP contribution >= 0.6 is 0 Å². The second kappa shape index (κ2) is 7.60. The topological polar surface area (TPSA) is 75.8 Å². The molecule has 0 fully saturated rings. The zero-order chi connectivity index (χ0) is 12.6. The van der Waals surface area contributed by atoms with E-state index in [1.807, 2.05) is 6.92 Å². The lowest BCUT2D eigenvalue weighted by atomic mass is 9.95. The van der Waals surface area contributed by atoms with E-state index >= 15 is 0 Å². The molecule has 0 aliphatic carbocycles. The minimum Gasteiger partial charge on any atom is -0.395 e. The number of ether oxygens (including phenoxy) is 1. The quantitative estimate of drug-likeness (QED) is 0.616. The zero-order valence-corrected chi connectivity index (χ0v) is 10.5. The molecule has 0 saturated heterocycles. The van der Waals surface area contributed by atoms with Crippen molar-refractivity contribution in [2.75, 3.05) is 33.4 Å². The van der Waals surface area contributed by atoms with Gasteiger partial charge in [0.2, 0.25) is 5.91 Å². The van der Waals surface area contributed by atoms with Gasteiger partial charge in [0.15, 0.2) is 0 Å². The van der Waals surface area contributed by atoms with E-state index in [0.717, 1.165) is 6.42 Å². The van der Waals surface area contributed by atoms with Gasteiger partial charge in [-0.3, -0.25) is 4.79 Å². The molecule has 5 heteroatoms. The van der Waals surface area contributed by atoms with Crippen molar-refractivity contribution in [1.29, 1.82) is 0 Å². The van der Waals surface area contributed by atoms with E-state index < -0.39 is 5.54 Å². The largest absolute Gasteiger partial charge is 0.395 e. The van der Waals surface area contributed by atoms with Gasteiger partial charge >= 0.3 is 0 Å². The molecular formula is C11H24N2O3. The molecule has 0 aromatic rings. The van der Waals surface area contributed by atoms with Gasteiger partial charge in [-0.1, -0.05) is 13.3 Å². The molecule has 1 amide bonds. The number of carbonyl (C=O) groups is 1. The number of amides is 1. The average molecular weight is 232 g/mol. The Kier molecular flexibility index (Phi) is 7.29. The van der Waals surface area contributed by atoms with Gasteiger partial charge in [0.1, 0.15) is 0 Å². The second-order valence-electron chi connectivity index (χ2n) is 4.18. The number of rotatable bonds is 8. The van der Waals surface area contributed by atoms with Gasteiger partial charge in [0.05, 0.1) is 18.8 Å². The molecule has 0 aliphatic rings. The number of nitrogens with two attached hydrogens (primary N) is 1. The maximum absolute atomic E-state index is 12.1.